The van der Waals surface area contributed by atoms with Gasteiger partial charge in [-0.1, -0.05) is 49.2 Å². The zero-order valence-corrected chi connectivity index (χ0v) is 19.7. The van der Waals surface area contributed by atoms with Gasteiger partial charge in [0.2, 0.25) is 0 Å². The third kappa shape index (κ3) is 7.64. The molecule has 1 N–H and O–H groups in total. The molecule has 0 saturated carbocycles. The lowest BCUT2D eigenvalue weighted by molar-refractivity contribution is -0.164. The van der Waals surface area contributed by atoms with Gasteiger partial charge in [-0.05, 0) is 88.4 Å². The first-order chi connectivity index (χ1) is 14.7. The van der Waals surface area contributed by atoms with Crippen LogP contribution in [0.3, 0.4) is 0 Å². The van der Waals surface area contributed by atoms with Crippen LogP contribution in [0.2, 0.25) is 0 Å². The molecular formula is C25H38ClF3N2. The van der Waals surface area contributed by atoms with Crippen molar-refractivity contribution in [3.8, 4) is 0 Å². The highest BCUT2D eigenvalue weighted by Gasteiger charge is 2.38. The van der Waals surface area contributed by atoms with Gasteiger partial charge in [-0.3, -0.25) is 0 Å². The topological polar surface area (TPSA) is 15.3 Å². The molecule has 2 unspecified atom stereocenters. The standard InChI is InChI=1S/C25H38ClF3N2/c1-18(2)24(30-13-10-19-4-3-5-22(16-19)25(27,28)29)17-31-14-11-21(12-15-31)20-6-8-23(26)9-7-20/h6,8-9,16,18,20-22,24,30H,3-5,7,10-15,17H2,1-2H3/t20?,22?,24-/m0/s1. The quantitative estimate of drug-likeness (QED) is 0.407. The maximum absolute atomic E-state index is 13.0. The number of halogens is 4. The summed E-state index contributed by atoms with van der Waals surface area (Å²) < 4.78 is 39.1. The highest BCUT2D eigenvalue weighted by Crippen LogP contribution is 2.36. The van der Waals surface area contributed by atoms with Crippen molar-refractivity contribution in [3.05, 3.63) is 34.9 Å². The first-order valence-electron chi connectivity index (χ1n) is 12.0. The number of piperidine rings is 1. The smallest absolute Gasteiger partial charge is 0.312 e. The molecule has 3 aliphatic rings. The molecule has 0 bridgehead atoms. The minimum atomic E-state index is -4.10. The van der Waals surface area contributed by atoms with Gasteiger partial charge in [0.25, 0.3) is 0 Å². The normalized spacial score (nSPS) is 27.3. The molecule has 3 atom stereocenters. The van der Waals surface area contributed by atoms with Crippen LogP contribution in [0, 0.1) is 23.7 Å². The summed E-state index contributed by atoms with van der Waals surface area (Å²) in [5, 5.41) is 4.51. The van der Waals surface area contributed by atoms with Crippen LogP contribution in [0.4, 0.5) is 13.2 Å². The lowest BCUT2D eigenvalue weighted by atomic mass is 9.80. The summed E-state index contributed by atoms with van der Waals surface area (Å²) in [5.41, 5.74) is 0.971. The third-order valence-corrected chi connectivity index (χ3v) is 7.59. The Morgan fingerprint density at radius 3 is 2.55 bits per heavy atom. The van der Waals surface area contributed by atoms with Crippen LogP contribution in [-0.4, -0.2) is 43.3 Å². The van der Waals surface area contributed by atoms with Gasteiger partial charge in [-0.15, -0.1) is 0 Å². The molecule has 2 nitrogen and oxygen atoms in total. The van der Waals surface area contributed by atoms with Crippen LogP contribution in [0.1, 0.15) is 58.8 Å². The Morgan fingerprint density at radius 1 is 1.19 bits per heavy atom. The van der Waals surface area contributed by atoms with Crippen molar-refractivity contribution < 1.29 is 13.2 Å². The van der Waals surface area contributed by atoms with E-state index in [4.69, 9.17) is 11.6 Å². The van der Waals surface area contributed by atoms with Crippen LogP contribution in [0.5, 0.6) is 0 Å². The summed E-state index contributed by atoms with van der Waals surface area (Å²) in [6.45, 7) is 8.47. The number of likely N-dealkylation sites (tertiary alicyclic amines) is 1. The Balaban J connectivity index is 1.41. The Bertz CT molecular complexity index is 660. The van der Waals surface area contributed by atoms with E-state index in [0.717, 1.165) is 62.0 Å². The van der Waals surface area contributed by atoms with Gasteiger partial charge in [0, 0.05) is 17.6 Å². The fourth-order valence-electron chi connectivity index (χ4n) is 5.20. The van der Waals surface area contributed by atoms with E-state index in [1.165, 1.54) is 18.9 Å². The molecule has 2 aliphatic carbocycles. The number of hydrogen-bond acceptors (Lipinski definition) is 2. The van der Waals surface area contributed by atoms with E-state index in [9.17, 15) is 13.2 Å². The zero-order chi connectivity index (χ0) is 22.4. The second kappa shape index (κ2) is 11.4. The van der Waals surface area contributed by atoms with Crippen LogP contribution in [0.15, 0.2) is 34.9 Å². The average molecular weight is 459 g/mol. The predicted octanol–water partition coefficient (Wildman–Crippen LogP) is 6.69. The maximum atomic E-state index is 13.0. The highest BCUT2D eigenvalue weighted by atomic mass is 35.5. The second-order valence-corrected chi connectivity index (χ2v) is 10.3. The summed E-state index contributed by atoms with van der Waals surface area (Å²) >= 11 is 6.05. The number of alkyl halides is 3. The molecule has 1 heterocycles. The Hall–Kier alpha value is -0.780. The molecule has 0 spiro atoms. The van der Waals surface area contributed by atoms with Gasteiger partial charge in [-0.25, -0.2) is 0 Å². The molecule has 3 rings (SSSR count). The van der Waals surface area contributed by atoms with E-state index < -0.39 is 12.1 Å². The minimum absolute atomic E-state index is 0.241. The van der Waals surface area contributed by atoms with Gasteiger partial charge in [-0.2, -0.15) is 13.2 Å². The Labute approximate surface area is 191 Å². The Kier molecular flexibility index (Phi) is 9.12. The first kappa shape index (κ1) is 24.9. The molecule has 0 aromatic heterocycles. The van der Waals surface area contributed by atoms with Crippen molar-refractivity contribution in [2.75, 3.05) is 26.2 Å². The van der Waals surface area contributed by atoms with Crippen molar-refractivity contribution in [2.45, 2.75) is 71.0 Å². The van der Waals surface area contributed by atoms with E-state index in [0.29, 0.717) is 24.3 Å². The number of rotatable bonds is 8. The fourth-order valence-corrected chi connectivity index (χ4v) is 5.36. The third-order valence-electron chi connectivity index (χ3n) is 7.31. The van der Waals surface area contributed by atoms with Crippen molar-refractivity contribution in [2.24, 2.45) is 23.7 Å². The molecular weight excluding hydrogens is 421 g/mol. The minimum Gasteiger partial charge on any atom is -0.312 e. The van der Waals surface area contributed by atoms with Crippen LogP contribution in [-0.2, 0) is 0 Å². The summed E-state index contributed by atoms with van der Waals surface area (Å²) in [5.74, 6) is 0.602. The highest BCUT2D eigenvalue weighted by molar-refractivity contribution is 6.31. The SMILES string of the molecule is CC(C)[C@H](CN1CCC(C2C=CC(Cl)=CC2)CC1)NCCC1=CC(C(F)(F)F)CCC1. The molecule has 0 aromatic carbocycles. The number of nitrogens with zero attached hydrogens (tertiary/aromatic N) is 1. The first-order valence-corrected chi connectivity index (χ1v) is 12.4. The maximum Gasteiger partial charge on any atom is 0.395 e. The van der Waals surface area contributed by atoms with E-state index in [1.54, 1.807) is 0 Å². The van der Waals surface area contributed by atoms with Gasteiger partial charge in [0.15, 0.2) is 0 Å². The average Bonchev–Trinajstić information content (AvgIpc) is 2.74. The number of allylic oxidation sites excluding steroid dienone is 5. The van der Waals surface area contributed by atoms with Gasteiger partial charge in [0.05, 0.1) is 5.92 Å². The van der Waals surface area contributed by atoms with E-state index in [2.05, 4.69) is 36.2 Å². The number of nitrogens with one attached hydrogen (secondary N) is 1. The molecule has 1 saturated heterocycles. The molecule has 176 valence electrons. The van der Waals surface area contributed by atoms with Crippen molar-refractivity contribution in [1.82, 2.24) is 10.2 Å². The van der Waals surface area contributed by atoms with Crippen LogP contribution < -0.4 is 5.32 Å². The molecule has 31 heavy (non-hydrogen) atoms. The van der Waals surface area contributed by atoms with E-state index >= 15 is 0 Å². The molecule has 1 aliphatic heterocycles. The zero-order valence-electron chi connectivity index (χ0n) is 18.9. The van der Waals surface area contributed by atoms with Crippen molar-refractivity contribution in [3.63, 3.8) is 0 Å². The summed E-state index contributed by atoms with van der Waals surface area (Å²) in [6, 6.07) is 0.371. The van der Waals surface area contributed by atoms with E-state index in [1.807, 2.05) is 6.08 Å². The summed E-state index contributed by atoms with van der Waals surface area (Å²) in [6.07, 6.45) is 9.77. The summed E-state index contributed by atoms with van der Waals surface area (Å²) in [7, 11) is 0. The molecule has 0 amide bonds. The lowest BCUT2D eigenvalue weighted by Crippen LogP contribution is -2.47. The number of hydrogen-bond donors (Lipinski definition) is 1. The van der Waals surface area contributed by atoms with Crippen LogP contribution in [0.25, 0.3) is 0 Å². The lowest BCUT2D eigenvalue weighted by Gasteiger charge is -2.38. The molecule has 6 heteroatoms. The van der Waals surface area contributed by atoms with Gasteiger partial charge >= 0.3 is 6.18 Å². The Morgan fingerprint density at radius 2 is 1.94 bits per heavy atom. The molecule has 0 aromatic rings. The second-order valence-electron chi connectivity index (χ2n) is 9.91. The largest absolute Gasteiger partial charge is 0.395 e. The van der Waals surface area contributed by atoms with E-state index in [-0.39, 0.29) is 6.42 Å². The van der Waals surface area contributed by atoms with Crippen LogP contribution >= 0.6 is 11.6 Å². The predicted molar refractivity (Wildman–Crippen MR) is 123 cm³/mol. The van der Waals surface area contributed by atoms with Crippen molar-refractivity contribution >= 4 is 11.6 Å². The van der Waals surface area contributed by atoms with Gasteiger partial charge < -0.3 is 10.2 Å². The summed E-state index contributed by atoms with van der Waals surface area (Å²) in [4.78, 5) is 2.56. The fraction of sp³-hybridized carbons (Fsp3) is 0.760. The monoisotopic (exact) mass is 458 g/mol. The molecule has 0 radical (unpaired) electrons. The van der Waals surface area contributed by atoms with Crippen molar-refractivity contribution in [1.29, 1.82) is 0 Å². The van der Waals surface area contributed by atoms with Gasteiger partial charge in [0.1, 0.15) is 0 Å². The molecule has 1 fully saturated rings.